The van der Waals surface area contributed by atoms with Gasteiger partial charge in [-0.15, -0.1) is 5.10 Å². The zero-order valence-corrected chi connectivity index (χ0v) is 10.0. The Kier molecular flexibility index (Phi) is 2.45. The minimum Gasteiger partial charge on any atom is -0.397 e. The molecule has 7 heteroatoms. The van der Waals surface area contributed by atoms with E-state index < -0.39 is 0 Å². The van der Waals surface area contributed by atoms with Gasteiger partial charge in [-0.05, 0) is 6.07 Å². The van der Waals surface area contributed by atoms with E-state index in [-0.39, 0.29) is 18.3 Å². The first-order chi connectivity index (χ1) is 9.15. The van der Waals surface area contributed by atoms with E-state index in [9.17, 15) is 4.79 Å². The molecular weight excluding hydrogens is 244 g/mol. The van der Waals surface area contributed by atoms with Gasteiger partial charge in [0.1, 0.15) is 6.54 Å². The number of nitrogens with two attached hydrogens (primary N) is 2. The van der Waals surface area contributed by atoms with Crippen LogP contribution in [0.2, 0.25) is 0 Å². The molecule has 0 aliphatic heterocycles. The maximum atomic E-state index is 12.2. The Morgan fingerprint density at radius 3 is 2.79 bits per heavy atom. The predicted molar refractivity (Wildman–Crippen MR) is 71.4 cm³/mol. The van der Waals surface area contributed by atoms with Crippen LogP contribution in [0.3, 0.4) is 0 Å². The average Bonchev–Trinajstić information content (AvgIpc) is 2.95. The highest BCUT2D eigenvalue weighted by atomic mass is 16.2. The summed E-state index contributed by atoms with van der Waals surface area (Å²) in [5, 5.41) is 8.61. The number of hydrogen-bond donors (Lipinski definition) is 2. The van der Waals surface area contributed by atoms with Crippen molar-refractivity contribution in [1.29, 1.82) is 0 Å². The fraction of sp³-hybridized carbons (Fsp3) is 0.0833. The fourth-order valence-electron chi connectivity index (χ4n) is 2.00. The molecule has 96 valence electrons. The summed E-state index contributed by atoms with van der Waals surface area (Å²) in [5.41, 5.74) is 12.7. The molecule has 2 aromatic heterocycles. The van der Waals surface area contributed by atoms with Crippen LogP contribution in [-0.2, 0) is 6.54 Å². The molecule has 1 aromatic carbocycles. The zero-order valence-electron chi connectivity index (χ0n) is 10.0. The summed E-state index contributed by atoms with van der Waals surface area (Å²) < 4.78 is 1.50. The van der Waals surface area contributed by atoms with Crippen LogP contribution in [0.1, 0.15) is 4.79 Å². The van der Waals surface area contributed by atoms with Crippen LogP contribution in [0.25, 0.3) is 10.9 Å². The highest BCUT2D eigenvalue weighted by Gasteiger charge is 2.13. The van der Waals surface area contributed by atoms with E-state index in [1.807, 2.05) is 24.3 Å². The third kappa shape index (κ3) is 1.90. The van der Waals surface area contributed by atoms with Crippen LogP contribution in [0.4, 0.5) is 11.5 Å². The minimum absolute atomic E-state index is 0.00924. The van der Waals surface area contributed by atoms with Crippen LogP contribution < -0.4 is 11.5 Å². The Labute approximate surface area is 108 Å². The Bertz CT molecular complexity index is 757. The first kappa shape index (κ1) is 11.3. The van der Waals surface area contributed by atoms with E-state index in [1.54, 1.807) is 6.20 Å². The number of anilines is 2. The highest BCUT2D eigenvalue weighted by molar-refractivity contribution is 5.99. The van der Waals surface area contributed by atoms with E-state index >= 15 is 0 Å². The predicted octanol–water partition coefficient (Wildman–Crippen LogP) is 0.738. The lowest BCUT2D eigenvalue weighted by molar-refractivity contribution is 0.0886. The summed E-state index contributed by atoms with van der Waals surface area (Å²) in [5.74, 6) is 0.105. The van der Waals surface area contributed by atoms with Gasteiger partial charge in [0.15, 0.2) is 5.82 Å². The number of rotatable bonds is 2. The van der Waals surface area contributed by atoms with Gasteiger partial charge in [0.25, 0.3) is 5.91 Å². The molecule has 2 heterocycles. The topological polar surface area (TPSA) is 105 Å². The smallest absolute Gasteiger partial charge is 0.254 e. The number of aromatic nitrogens is 4. The van der Waals surface area contributed by atoms with Crippen LogP contribution >= 0.6 is 0 Å². The quantitative estimate of drug-likeness (QED) is 0.703. The fourth-order valence-corrected chi connectivity index (χ4v) is 2.00. The van der Waals surface area contributed by atoms with Crippen molar-refractivity contribution in [3.8, 4) is 0 Å². The zero-order chi connectivity index (χ0) is 13.4. The normalized spacial score (nSPS) is 10.9. The summed E-state index contributed by atoms with van der Waals surface area (Å²) in [7, 11) is 0. The van der Waals surface area contributed by atoms with Gasteiger partial charge in [-0.2, -0.15) is 9.90 Å². The molecule has 0 saturated heterocycles. The Morgan fingerprint density at radius 2 is 2.05 bits per heavy atom. The molecule has 3 aromatic rings. The summed E-state index contributed by atoms with van der Waals surface area (Å²) in [6, 6.07) is 7.45. The molecule has 0 fully saturated rings. The van der Waals surface area contributed by atoms with E-state index in [0.29, 0.717) is 5.69 Å². The maximum Gasteiger partial charge on any atom is 0.254 e. The monoisotopic (exact) mass is 256 g/mol. The van der Waals surface area contributed by atoms with Gasteiger partial charge in [-0.25, -0.2) is 0 Å². The third-order valence-corrected chi connectivity index (χ3v) is 2.84. The molecule has 0 radical (unpaired) electrons. The number of nitrogen functional groups attached to an aromatic ring is 2. The first-order valence-corrected chi connectivity index (χ1v) is 5.69. The van der Waals surface area contributed by atoms with Crippen molar-refractivity contribution >= 4 is 28.3 Å². The molecule has 0 aliphatic carbocycles. The second-order valence-corrected chi connectivity index (χ2v) is 4.17. The van der Waals surface area contributed by atoms with E-state index in [2.05, 4.69) is 10.2 Å². The highest BCUT2D eigenvalue weighted by Crippen LogP contribution is 2.22. The average molecular weight is 256 g/mol. The molecule has 0 amide bonds. The molecule has 0 bridgehead atoms. The Hall–Kier alpha value is -2.83. The molecule has 7 nitrogen and oxygen atoms in total. The molecule has 0 unspecified atom stereocenters. The lowest BCUT2D eigenvalue weighted by atomic mass is 10.2. The first-order valence-electron chi connectivity index (χ1n) is 5.69. The number of benzene rings is 1. The molecule has 4 N–H and O–H groups in total. The lowest BCUT2D eigenvalue weighted by Gasteiger charge is -2.03. The van der Waals surface area contributed by atoms with Gasteiger partial charge in [-0.3, -0.25) is 9.36 Å². The number of para-hydroxylation sites is 1. The van der Waals surface area contributed by atoms with Crippen molar-refractivity contribution < 1.29 is 4.79 Å². The number of nitrogens with zero attached hydrogens (tertiary/aromatic N) is 4. The van der Waals surface area contributed by atoms with Crippen LogP contribution in [0.5, 0.6) is 0 Å². The van der Waals surface area contributed by atoms with Gasteiger partial charge in [-0.1, -0.05) is 18.2 Å². The summed E-state index contributed by atoms with van der Waals surface area (Å²) >= 11 is 0. The van der Waals surface area contributed by atoms with Gasteiger partial charge in [0, 0.05) is 11.6 Å². The Morgan fingerprint density at radius 1 is 1.26 bits per heavy atom. The van der Waals surface area contributed by atoms with Gasteiger partial charge in [0.2, 0.25) is 0 Å². The number of carbonyl (C=O) groups excluding carboxylic acids is 1. The molecule has 19 heavy (non-hydrogen) atoms. The van der Waals surface area contributed by atoms with Crippen molar-refractivity contribution in [2.24, 2.45) is 0 Å². The van der Waals surface area contributed by atoms with Crippen molar-refractivity contribution in [1.82, 2.24) is 19.6 Å². The number of carbonyl (C=O) groups is 1. The van der Waals surface area contributed by atoms with Crippen molar-refractivity contribution in [2.75, 3.05) is 11.5 Å². The Balaban J connectivity index is 1.98. The molecule has 3 rings (SSSR count). The van der Waals surface area contributed by atoms with Gasteiger partial charge in [0.05, 0.1) is 17.4 Å². The van der Waals surface area contributed by atoms with Crippen molar-refractivity contribution in [3.63, 3.8) is 0 Å². The minimum atomic E-state index is -0.177. The SMILES string of the molecule is Nc1cnn(CC(=O)n2cc(N)c3ccccc32)n1. The molecule has 0 spiro atoms. The number of hydrogen-bond acceptors (Lipinski definition) is 5. The van der Waals surface area contributed by atoms with Crippen molar-refractivity contribution in [3.05, 3.63) is 36.7 Å². The van der Waals surface area contributed by atoms with Crippen LogP contribution in [-0.4, -0.2) is 25.5 Å². The molecule has 0 aliphatic rings. The molecule has 0 saturated carbocycles. The van der Waals surface area contributed by atoms with E-state index in [4.69, 9.17) is 11.5 Å². The summed E-state index contributed by atoms with van der Waals surface area (Å²) in [4.78, 5) is 13.5. The maximum absolute atomic E-state index is 12.2. The van der Waals surface area contributed by atoms with Gasteiger partial charge < -0.3 is 11.5 Å². The molecule has 0 atom stereocenters. The van der Waals surface area contributed by atoms with Gasteiger partial charge >= 0.3 is 0 Å². The van der Waals surface area contributed by atoms with Crippen LogP contribution in [0, 0.1) is 0 Å². The second kappa shape index (κ2) is 4.13. The van der Waals surface area contributed by atoms with E-state index in [0.717, 1.165) is 10.9 Å². The second-order valence-electron chi connectivity index (χ2n) is 4.17. The summed E-state index contributed by atoms with van der Waals surface area (Å²) in [6.07, 6.45) is 3.01. The van der Waals surface area contributed by atoms with Crippen LogP contribution in [0.15, 0.2) is 36.7 Å². The molecular formula is C12H12N6O. The summed E-state index contributed by atoms with van der Waals surface area (Å²) in [6.45, 7) is 0.00924. The standard InChI is InChI=1S/C12H12N6O/c13-9-6-17(10-4-2-1-3-8(9)10)12(19)7-18-15-5-11(14)16-18/h1-6H,7,13H2,(H2,14,16). The van der Waals surface area contributed by atoms with Crippen molar-refractivity contribution in [2.45, 2.75) is 6.54 Å². The largest absolute Gasteiger partial charge is 0.397 e. The number of fused-ring (bicyclic) bond motifs is 1. The lowest BCUT2D eigenvalue weighted by Crippen LogP contribution is -2.18. The third-order valence-electron chi connectivity index (χ3n) is 2.84. The van der Waals surface area contributed by atoms with E-state index in [1.165, 1.54) is 15.6 Å².